The van der Waals surface area contributed by atoms with E-state index in [-0.39, 0.29) is 17.6 Å². The molecule has 1 aliphatic heterocycles. The van der Waals surface area contributed by atoms with Gasteiger partial charge in [-0.15, -0.1) is 0 Å². The van der Waals surface area contributed by atoms with Gasteiger partial charge in [0.2, 0.25) is 5.91 Å². The van der Waals surface area contributed by atoms with Gasteiger partial charge in [0.1, 0.15) is 0 Å². The van der Waals surface area contributed by atoms with Crippen LogP contribution in [-0.4, -0.2) is 24.8 Å². The molecule has 1 heterocycles. The molecular formula is C31H33N3O2. The third-order valence-corrected chi connectivity index (χ3v) is 7.44. The van der Waals surface area contributed by atoms with Crippen molar-refractivity contribution in [3.05, 3.63) is 101 Å². The van der Waals surface area contributed by atoms with Gasteiger partial charge in [-0.3, -0.25) is 14.5 Å². The largest absolute Gasteiger partial charge is 0.372 e. The second kappa shape index (κ2) is 10.0. The van der Waals surface area contributed by atoms with E-state index in [1.807, 2.05) is 42.5 Å². The van der Waals surface area contributed by atoms with Gasteiger partial charge < -0.3 is 10.2 Å². The third-order valence-electron chi connectivity index (χ3n) is 7.44. The van der Waals surface area contributed by atoms with Crippen LogP contribution in [0.2, 0.25) is 0 Å². The minimum Gasteiger partial charge on any atom is -0.372 e. The Balaban J connectivity index is 1.66. The summed E-state index contributed by atoms with van der Waals surface area (Å²) in [7, 11) is 0. The number of Topliss-reactive ketones (excluding diaryl/α,β-unsaturated/α-hetero) is 1. The molecule has 36 heavy (non-hydrogen) atoms. The van der Waals surface area contributed by atoms with Crippen molar-refractivity contribution in [1.82, 2.24) is 0 Å². The van der Waals surface area contributed by atoms with Gasteiger partial charge in [-0.1, -0.05) is 54.6 Å². The molecule has 5 rings (SSSR count). The van der Waals surface area contributed by atoms with Crippen LogP contribution in [0, 0.1) is 0 Å². The third kappa shape index (κ3) is 4.30. The van der Waals surface area contributed by atoms with Crippen LogP contribution in [0.4, 0.5) is 17.1 Å². The number of para-hydroxylation sites is 2. The monoisotopic (exact) mass is 479 g/mol. The lowest BCUT2D eigenvalue weighted by Gasteiger charge is -2.35. The van der Waals surface area contributed by atoms with Gasteiger partial charge in [0, 0.05) is 43.4 Å². The molecule has 5 heteroatoms. The number of rotatable bonds is 5. The number of benzene rings is 3. The number of allylic oxidation sites excluding steroid dienone is 1. The number of amides is 1. The molecule has 2 aliphatic rings. The van der Waals surface area contributed by atoms with Gasteiger partial charge in [-0.2, -0.15) is 0 Å². The minimum atomic E-state index is -0.483. The SMILES string of the molecule is CCN(CC)c1ccc([C@H]2C3=C(C[C@H](c4ccccc4)CC3=O)Nc3ccccc3N2C(C)=O)cc1. The molecule has 0 bridgehead atoms. The lowest BCUT2D eigenvalue weighted by atomic mass is 9.78. The molecule has 1 aliphatic carbocycles. The highest BCUT2D eigenvalue weighted by Gasteiger charge is 2.40. The minimum absolute atomic E-state index is 0.0891. The van der Waals surface area contributed by atoms with E-state index in [2.05, 4.69) is 60.5 Å². The summed E-state index contributed by atoms with van der Waals surface area (Å²) < 4.78 is 0. The van der Waals surface area contributed by atoms with Gasteiger partial charge in [-0.25, -0.2) is 0 Å². The standard InChI is InChI=1S/C31H33N3O2/c1-4-33(5-2)25-17-15-23(16-18-25)31-30-27(19-24(20-29(30)36)22-11-7-6-8-12-22)32-26-13-9-10-14-28(26)34(31)21(3)35/h6-18,24,31-32H,4-5,19-20H2,1-3H3/t24-,31-/m0/s1. The highest BCUT2D eigenvalue weighted by Crippen LogP contribution is 2.47. The number of ketones is 1. The molecule has 5 nitrogen and oxygen atoms in total. The normalized spacial score (nSPS) is 19.2. The van der Waals surface area contributed by atoms with Gasteiger partial charge in [0.05, 0.1) is 17.4 Å². The molecular weight excluding hydrogens is 446 g/mol. The molecule has 2 atom stereocenters. The molecule has 0 aromatic heterocycles. The van der Waals surface area contributed by atoms with Crippen molar-refractivity contribution in [2.24, 2.45) is 0 Å². The quantitative estimate of drug-likeness (QED) is 0.457. The first-order chi connectivity index (χ1) is 17.5. The molecule has 0 radical (unpaired) electrons. The van der Waals surface area contributed by atoms with E-state index in [0.717, 1.165) is 47.8 Å². The predicted molar refractivity (Wildman–Crippen MR) is 146 cm³/mol. The Morgan fingerprint density at radius 1 is 0.889 bits per heavy atom. The van der Waals surface area contributed by atoms with E-state index >= 15 is 0 Å². The van der Waals surface area contributed by atoms with Crippen molar-refractivity contribution >= 4 is 28.8 Å². The molecule has 3 aromatic rings. The maximum atomic E-state index is 13.9. The Bertz CT molecular complexity index is 1290. The topological polar surface area (TPSA) is 52.7 Å². The predicted octanol–water partition coefficient (Wildman–Crippen LogP) is 6.45. The van der Waals surface area contributed by atoms with Crippen molar-refractivity contribution in [2.45, 2.75) is 45.6 Å². The zero-order valence-electron chi connectivity index (χ0n) is 21.2. The van der Waals surface area contributed by atoms with Gasteiger partial charge >= 0.3 is 0 Å². The molecule has 0 saturated carbocycles. The zero-order valence-corrected chi connectivity index (χ0v) is 21.2. The van der Waals surface area contributed by atoms with E-state index in [1.54, 1.807) is 11.8 Å². The first kappa shape index (κ1) is 23.9. The number of nitrogens with zero attached hydrogens (tertiary/aromatic N) is 2. The summed E-state index contributed by atoms with van der Waals surface area (Å²) in [5.41, 5.74) is 6.50. The highest BCUT2D eigenvalue weighted by molar-refractivity contribution is 6.06. The number of carbonyl (C=O) groups excluding carboxylic acids is 2. The van der Waals surface area contributed by atoms with E-state index in [1.165, 1.54) is 5.56 Å². The van der Waals surface area contributed by atoms with Crippen LogP contribution in [0.5, 0.6) is 0 Å². The zero-order chi connectivity index (χ0) is 25.2. The molecule has 1 amide bonds. The van der Waals surface area contributed by atoms with E-state index < -0.39 is 6.04 Å². The van der Waals surface area contributed by atoms with Gasteiger partial charge in [0.15, 0.2) is 5.78 Å². The fourth-order valence-corrected chi connectivity index (χ4v) is 5.67. The summed E-state index contributed by atoms with van der Waals surface area (Å²) in [6.07, 6.45) is 1.15. The molecule has 1 N–H and O–H groups in total. The fraction of sp³-hybridized carbons (Fsp3) is 0.290. The molecule has 3 aromatic carbocycles. The van der Waals surface area contributed by atoms with Crippen molar-refractivity contribution in [3.8, 4) is 0 Å². The van der Waals surface area contributed by atoms with E-state index in [4.69, 9.17) is 0 Å². The summed E-state index contributed by atoms with van der Waals surface area (Å²) in [5, 5.41) is 3.58. The first-order valence-corrected chi connectivity index (χ1v) is 12.8. The summed E-state index contributed by atoms with van der Waals surface area (Å²) in [6, 6.07) is 26.0. The number of hydrogen-bond acceptors (Lipinski definition) is 4. The van der Waals surface area contributed by atoms with Crippen molar-refractivity contribution in [1.29, 1.82) is 0 Å². The molecule has 0 unspecified atom stereocenters. The van der Waals surface area contributed by atoms with E-state index in [0.29, 0.717) is 12.0 Å². The fourth-order valence-electron chi connectivity index (χ4n) is 5.67. The van der Waals surface area contributed by atoms with Crippen LogP contribution < -0.4 is 15.1 Å². The second-order valence-corrected chi connectivity index (χ2v) is 9.53. The van der Waals surface area contributed by atoms with Crippen LogP contribution in [-0.2, 0) is 9.59 Å². The Kier molecular flexibility index (Phi) is 6.64. The number of nitrogens with one attached hydrogen (secondary N) is 1. The Morgan fingerprint density at radius 3 is 2.22 bits per heavy atom. The van der Waals surface area contributed by atoms with Crippen molar-refractivity contribution in [3.63, 3.8) is 0 Å². The average Bonchev–Trinajstić information content (AvgIpc) is 3.05. The van der Waals surface area contributed by atoms with Gasteiger partial charge in [0.25, 0.3) is 0 Å². The maximum Gasteiger partial charge on any atom is 0.224 e. The summed E-state index contributed by atoms with van der Waals surface area (Å²) in [5.74, 6) is 0.106. The lowest BCUT2D eigenvalue weighted by molar-refractivity contribution is -0.117. The van der Waals surface area contributed by atoms with Crippen molar-refractivity contribution in [2.75, 3.05) is 28.2 Å². The van der Waals surface area contributed by atoms with E-state index in [9.17, 15) is 9.59 Å². The smallest absolute Gasteiger partial charge is 0.224 e. The average molecular weight is 480 g/mol. The number of carbonyl (C=O) groups is 2. The van der Waals surface area contributed by atoms with Crippen LogP contribution in [0.3, 0.4) is 0 Å². The highest BCUT2D eigenvalue weighted by atomic mass is 16.2. The molecule has 0 saturated heterocycles. The second-order valence-electron chi connectivity index (χ2n) is 9.53. The van der Waals surface area contributed by atoms with Crippen LogP contribution in [0.1, 0.15) is 56.7 Å². The van der Waals surface area contributed by atoms with Crippen LogP contribution in [0.25, 0.3) is 0 Å². The Hall–Kier alpha value is -3.86. The van der Waals surface area contributed by atoms with Crippen LogP contribution in [0.15, 0.2) is 90.1 Å². The first-order valence-electron chi connectivity index (χ1n) is 12.8. The molecule has 0 fully saturated rings. The summed E-state index contributed by atoms with van der Waals surface area (Å²) >= 11 is 0. The summed E-state index contributed by atoms with van der Waals surface area (Å²) in [4.78, 5) is 31.2. The number of hydrogen-bond donors (Lipinski definition) is 1. The van der Waals surface area contributed by atoms with Gasteiger partial charge in [-0.05, 0) is 61.6 Å². The number of fused-ring (bicyclic) bond motifs is 1. The molecule has 0 spiro atoms. The maximum absolute atomic E-state index is 13.9. The Morgan fingerprint density at radius 2 is 1.56 bits per heavy atom. The van der Waals surface area contributed by atoms with Crippen molar-refractivity contribution < 1.29 is 9.59 Å². The lowest BCUT2D eigenvalue weighted by Crippen LogP contribution is -2.37. The Labute approximate surface area is 213 Å². The molecule has 184 valence electrons. The summed E-state index contributed by atoms with van der Waals surface area (Å²) in [6.45, 7) is 7.71. The number of anilines is 3. The van der Waals surface area contributed by atoms with Crippen LogP contribution >= 0.6 is 0 Å².